The Bertz CT molecular complexity index is 166. The topological polar surface area (TPSA) is 18.5 Å². The van der Waals surface area contributed by atoms with Gasteiger partial charge in [-0.3, -0.25) is 0 Å². The van der Waals surface area contributed by atoms with Crippen LogP contribution < -0.4 is 0 Å². The lowest BCUT2D eigenvalue weighted by Gasteiger charge is -2.28. The van der Waals surface area contributed by atoms with Crippen LogP contribution in [0.5, 0.6) is 0 Å². The van der Waals surface area contributed by atoms with Crippen LogP contribution in [-0.4, -0.2) is 28.1 Å². The maximum absolute atomic E-state index is 6.03. The molecule has 0 spiro atoms. The second-order valence-electron chi connectivity index (χ2n) is 5.53. The highest BCUT2D eigenvalue weighted by molar-refractivity contribution is 6.69. The summed E-state index contributed by atoms with van der Waals surface area (Å²) in [5, 5.41) is 0. The largest absolute Gasteiger partial charge is 0.417 e. The van der Waals surface area contributed by atoms with E-state index in [1.54, 1.807) is 0 Å². The normalized spacial score (nSPS) is 16.1. The van der Waals surface area contributed by atoms with E-state index in [9.17, 15) is 0 Å². The second-order valence-corrected chi connectivity index (χ2v) is 10.0. The molecule has 0 amide bonds. The fraction of sp³-hybridized carbons (Fsp3) is 1.00. The summed E-state index contributed by atoms with van der Waals surface area (Å²) >= 11 is 0. The number of hydrogen-bond acceptors (Lipinski definition) is 2. The summed E-state index contributed by atoms with van der Waals surface area (Å²) < 4.78 is 11.6. The van der Waals surface area contributed by atoms with Crippen molar-refractivity contribution in [2.24, 2.45) is 5.92 Å². The van der Waals surface area contributed by atoms with Crippen LogP contribution in [0.15, 0.2) is 0 Å². The summed E-state index contributed by atoms with van der Waals surface area (Å²) in [6.07, 6.45) is 5.13. The zero-order valence-corrected chi connectivity index (χ0v) is 13.0. The molecule has 16 heavy (non-hydrogen) atoms. The van der Waals surface area contributed by atoms with E-state index in [1.165, 1.54) is 19.3 Å². The van der Waals surface area contributed by atoms with Crippen molar-refractivity contribution in [3.8, 4) is 0 Å². The molecule has 0 heterocycles. The zero-order chi connectivity index (χ0) is 12.6. The lowest BCUT2D eigenvalue weighted by Crippen LogP contribution is -2.33. The predicted molar refractivity (Wildman–Crippen MR) is 73.4 cm³/mol. The Morgan fingerprint density at radius 3 is 1.94 bits per heavy atom. The quantitative estimate of drug-likeness (QED) is 0.571. The number of ether oxygens (including phenoxy) is 1. The highest BCUT2D eigenvalue weighted by atomic mass is 28.4. The van der Waals surface area contributed by atoms with Crippen molar-refractivity contribution >= 4 is 8.32 Å². The molecule has 0 aromatic heterocycles. The van der Waals surface area contributed by atoms with Crippen molar-refractivity contribution in [1.29, 1.82) is 0 Å². The van der Waals surface area contributed by atoms with E-state index in [0.717, 1.165) is 13.0 Å². The van der Waals surface area contributed by atoms with Crippen molar-refractivity contribution < 1.29 is 9.16 Å². The van der Waals surface area contributed by atoms with Gasteiger partial charge in [0.05, 0.1) is 6.10 Å². The zero-order valence-electron chi connectivity index (χ0n) is 12.0. The van der Waals surface area contributed by atoms with E-state index in [-0.39, 0.29) is 0 Å². The molecule has 0 aromatic rings. The van der Waals surface area contributed by atoms with Crippen LogP contribution in [0.25, 0.3) is 0 Å². The Kier molecular flexibility index (Phi) is 8.33. The molecule has 0 aliphatic rings. The van der Waals surface area contributed by atoms with Crippen LogP contribution in [0.1, 0.15) is 39.5 Å². The molecule has 98 valence electrons. The lowest BCUT2D eigenvalue weighted by molar-refractivity contribution is 0.0198. The maximum atomic E-state index is 6.03. The summed E-state index contributed by atoms with van der Waals surface area (Å²) in [5.74, 6) is 0.571. The SMILES string of the molecule is CCCC(CO[Si](C)(C)C)C(CCC)OC. The van der Waals surface area contributed by atoms with E-state index < -0.39 is 8.32 Å². The molecule has 0 N–H and O–H groups in total. The Morgan fingerprint density at radius 2 is 1.56 bits per heavy atom. The second kappa shape index (κ2) is 8.26. The van der Waals surface area contributed by atoms with Gasteiger partial charge in [0.15, 0.2) is 8.32 Å². The van der Waals surface area contributed by atoms with Crippen molar-refractivity contribution in [3.63, 3.8) is 0 Å². The molecule has 0 saturated heterocycles. The molecule has 2 unspecified atom stereocenters. The highest BCUT2D eigenvalue weighted by Gasteiger charge is 2.23. The van der Waals surface area contributed by atoms with Gasteiger partial charge in [0.1, 0.15) is 0 Å². The monoisotopic (exact) mass is 246 g/mol. The van der Waals surface area contributed by atoms with E-state index in [4.69, 9.17) is 9.16 Å². The molecular weight excluding hydrogens is 216 g/mol. The average Bonchev–Trinajstić information content (AvgIpc) is 2.20. The van der Waals surface area contributed by atoms with Crippen molar-refractivity contribution in [1.82, 2.24) is 0 Å². The predicted octanol–water partition coefficient (Wildman–Crippen LogP) is 4.07. The first-order chi connectivity index (χ1) is 7.44. The Hall–Kier alpha value is 0.137. The Morgan fingerprint density at radius 1 is 1.00 bits per heavy atom. The minimum absolute atomic E-state index is 0.376. The average molecular weight is 246 g/mol. The summed E-state index contributed by atoms with van der Waals surface area (Å²) in [5.41, 5.74) is 0. The van der Waals surface area contributed by atoms with Crippen LogP contribution in [0.3, 0.4) is 0 Å². The van der Waals surface area contributed by atoms with Gasteiger partial charge in [0, 0.05) is 19.6 Å². The third-order valence-electron chi connectivity index (χ3n) is 2.79. The van der Waals surface area contributed by atoms with Gasteiger partial charge in [-0.1, -0.05) is 26.7 Å². The molecule has 2 nitrogen and oxygen atoms in total. The minimum Gasteiger partial charge on any atom is -0.417 e. The summed E-state index contributed by atoms with van der Waals surface area (Å²) in [6.45, 7) is 12.1. The molecule has 0 bridgehead atoms. The molecule has 3 heteroatoms. The number of hydrogen-bond donors (Lipinski definition) is 0. The van der Waals surface area contributed by atoms with Crippen molar-refractivity contribution in [2.75, 3.05) is 13.7 Å². The molecule has 0 aliphatic carbocycles. The number of methoxy groups -OCH3 is 1. The minimum atomic E-state index is -1.39. The molecule has 0 radical (unpaired) electrons. The van der Waals surface area contributed by atoms with Crippen LogP contribution in [0.4, 0.5) is 0 Å². The fourth-order valence-electron chi connectivity index (χ4n) is 1.93. The van der Waals surface area contributed by atoms with Gasteiger partial charge in [-0.15, -0.1) is 0 Å². The molecule has 2 atom stereocenters. The fourth-order valence-corrected chi connectivity index (χ4v) is 2.65. The molecule has 0 aromatic carbocycles. The Balaban J connectivity index is 4.22. The molecule has 0 rings (SSSR count). The highest BCUT2D eigenvalue weighted by Crippen LogP contribution is 2.20. The van der Waals surface area contributed by atoms with E-state index in [0.29, 0.717) is 12.0 Å². The van der Waals surface area contributed by atoms with E-state index >= 15 is 0 Å². The lowest BCUT2D eigenvalue weighted by atomic mass is 9.95. The first kappa shape index (κ1) is 16.1. The van der Waals surface area contributed by atoms with Crippen LogP contribution in [-0.2, 0) is 9.16 Å². The van der Waals surface area contributed by atoms with Crippen molar-refractivity contribution in [2.45, 2.75) is 65.3 Å². The Labute approximate surface area is 103 Å². The van der Waals surface area contributed by atoms with Gasteiger partial charge in [0.25, 0.3) is 0 Å². The van der Waals surface area contributed by atoms with Gasteiger partial charge >= 0.3 is 0 Å². The molecular formula is C13H30O2Si. The van der Waals surface area contributed by atoms with Crippen LogP contribution in [0, 0.1) is 5.92 Å². The van der Waals surface area contributed by atoms with Gasteiger partial charge in [-0.05, 0) is 32.5 Å². The van der Waals surface area contributed by atoms with Crippen molar-refractivity contribution in [3.05, 3.63) is 0 Å². The van der Waals surface area contributed by atoms with E-state index in [2.05, 4.69) is 33.5 Å². The third-order valence-corrected chi connectivity index (χ3v) is 3.82. The van der Waals surface area contributed by atoms with Crippen LogP contribution >= 0.6 is 0 Å². The smallest absolute Gasteiger partial charge is 0.183 e. The summed E-state index contributed by atoms with van der Waals surface area (Å²) in [6, 6.07) is 0. The summed E-state index contributed by atoms with van der Waals surface area (Å²) in [4.78, 5) is 0. The van der Waals surface area contributed by atoms with Gasteiger partial charge < -0.3 is 9.16 Å². The van der Waals surface area contributed by atoms with Crippen LogP contribution in [0.2, 0.25) is 19.6 Å². The van der Waals surface area contributed by atoms with Gasteiger partial charge in [0.2, 0.25) is 0 Å². The first-order valence-corrected chi connectivity index (χ1v) is 10.0. The summed E-state index contributed by atoms with van der Waals surface area (Å²) in [7, 11) is 0.445. The number of rotatable bonds is 9. The van der Waals surface area contributed by atoms with E-state index in [1.807, 2.05) is 7.11 Å². The standard InChI is InChI=1S/C13H30O2Si/c1-7-9-12(11-15-16(4,5)6)13(14-3)10-8-2/h12-13H,7-11H2,1-6H3. The first-order valence-electron chi connectivity index (χ1n) is 6.61. The van der Waals surface area contributed by atoms with Gasteiger partial charge in [-0.25, -0.2) is 0 Å². The molecule has 0 aliphatic heterocycles. The van der Waals surface area contributed by atoms with Gasteiger partial charge in [-0.2, -0.15) is 0 Å². The molecule has 0 saturated carbocycles. The third kappa shape index (κ3) is 7.42. The molecule has 0 fully saturated rings. The maximum Gasteiger partial charge on any atom is 0.183 e.